The minimum atomic E-state index is -2.99. The van der Waals surface area contributed by atoms with Crippen molar-refractivity contribution in [2.75, 3.05) is 12.3 Å². The van der Waals surface area contributed by atoms with Crippen LogP contribution in [-0.2, 0) is 16.4 Å². The van der Waals surface area contributed by atoms with Crippen molar-refractivity contribution in [2.45, 2.75) is 24.6 Å². The van der Waals surface area contributed by atoms with Gasteiger partial charge in [-0.3, -0.25) is 0 Å². The van der Waals surface area contributed by atoms with E-state index in [1.165, 1.54) is 18.2 Å². The second kappa shape index (κ2) is 6.40. The first-order valence-electron chi connectivity index (χ1n) is 6.62. The number of nitrogens with one attached hydrogen (secondary N) is 1. The Labute approximate surface area is 122 Å². The molecule has 1 fully saturated rings. The summed E-state index contributed by atoms with van der Waals surface area (Å²) in [5.41, 5.74) is 6.44. The largest absolute Gasteiger partial charge is 0.409 e. The molecule has 21 heavy (non-hydrogen) atoms. The molecule has 1 unspecified atom stereocenters. The van der Waals surface area contributed by atoms with Crippen LogP contribution in [0.5, 0.6) is 0 Å². The fourth-order valence-electron chi connectivity index (χ4n) is 2.45. The van der Waals surface area contributed by atoms with E-state index in [2.05, 4.69) is 10.5 Å². The average molecular weight is 315 g/mol. The summed E-state index contributed by atoms with van der Waals surface area (Å²) in [5.74, 6) is -0.427. The number of benzene rings is 1. The van der Waals surface area contributed by atoms with E-state index in [-0.39, 0.29) is 16.8 Å². The highest BCUT2D eigenvalue weighted by Crippen LogP contribution is 2.19. The van der Waals surface area contributed by atoms with E-state index in [0.29, 0.717) is 37.1 Å². The van der Waals surface area contributed by atoms with Crippen molar-refractivity contribution < 1.29 is 18.0 Å². The van der Waals surface area contributed by atoms with Gasteiger partial charge in [0.05, 0.1) is 11.0 Å². The van der Waals surface area contributed by atoms with Crippen LogP contribution in [0.25, 0.3) is 0 Å². The van der Waals surface area contributed by atoms with Crippen molar-refractivity contribution in [3.05, 3.63) is 35.1 Å². The first-order valence-corrected chi connectivity index (χ1v) is 8.34. The maximum atomic E-state index is 13.2. The number of nitrogens with zero attached hydrogens (tertiary/aromatic N) is 1. The van der Waals surface area contributed by atoms with Crippen molar-refractivity contribution in [2.24, 2.45) is 10.9 Å². The van der Waals surface area contributed by atoms with Crippen LogP contribution in [0.3, 0.4) is 0 Å². The van der Waals surface area contributed by atoms with Gasteiger partial charge < -0.3 is 16.3 Å². The quantitative estimate of drug-likeness (QED) is 0.319. The van der Waals surface area contributed by atoms with E-state index in [0.717, 1.165) is 0 Å². The van der Waals surface area contributed by atoms with Gasteiger partial charge in [-0.2, -0.15) is 0 Å². The molecule has 0 radical (unpaired) electrons. The summed E-state index contributed by atoms with van der Waals surface area (Å²) >= 11 is 0. The Balaban J connectivity index is 2.04. The molecule has 1 atom stereocenters. The Morgan fingerprint density at radius 2 is 2.29 bits per heavy atom. The fourth-order valence-corrected chi connectivity index (χ4v) is 4.25. The molecule has 116 valence electrons. The molecule has 1 aromatic rings. The molecule has 0 saturated carbocycles. The summed E-state index contributed by atoms with van der Waals surface area (Å²) in [4.78, 5) is 0. The minimum absolute atomic E-state index is 0.181. The molecule has 0 aromatic heterocycles. The van der Waals surface area contributed by atoms with E-state index in [9.17, 15) is 12.8 Å². The summed E-state index contributed by atoms with van der Waals surface area (Å²) in [7, 11) is -2.99. The van der Waals surface area contributed by atoms with Crippen LogP contribution in [-0.4, -0.2) is 37.0 Å². The zero-order valence-electron chi connectivity index (χ0n) is 11.4. The van der Waals surface area contributed by atoms with Crippen LogP contribution >= 0.6 is 0 Å². The standard InChI is InChI=1S/C13H18FN3O3S/c14-10-4-3-9(12(6-10)13(15)17-18)7-16-8-11-2-1-5-21(11,19)20/h3-4,6,11,16,18H,1-2,5,7-8H2,(H2,15,17). The van der Waals surface area contributed by atoms with Gasteiger partial charge in [0.2, 0.25) is 0 Å². The normalized spacial score (nSPS) is 21.6. The monoisotopic (exact) mass is 315 g/mol. The molecule has 1 aromatic carbocycles. The molecule has 1 aliphatic rings. The smallest absolute Gasteiger partial charge is 0.170 e. The van der Waals surface area contributed by atoms with Crippen LogP contribution in [0.2, 0.25) is 0 Å². The topological polar surface area (TPSA) is 105 Å². The van der Waals surface area contributed by atoms with Gasteiger partial charge in [-0.05, 0) is 30.5 Å². The maximum Gasteiger partial charge on any atom is 0.170 e. The van der Waals surface area contributed by atoms with Gasteiger partial charge in [0.1, 0.15) is 5.82 Å². The molecule has 1 heterocycles. The lowest BCUT2D eigenvalue weighted by atomic mass is 10.1. The first-order chi connectivity index (χ1) is 9.94. The van der Waals surface area contributed by atoms with Crippen molar-refractivity contribution in [1.82, 2.24) is 5.32 Å². The molecule has 4 N–H and O–H groups in total. The first kappa shape index (κ1) is 15.7. The van der Waals surface area contributed by atoms with Crippen molar-refractivity contribution >= 4 is 15.7 Å². The summed E-state index contributed by atoms with van der Waals surface area (Å²) in [6, 6.07) is 3.98. The fraction of sp³-hybridized carbons (Fsp3) is 0.462. The predicted molar refractivity (Wildman–Crippen MR) is 77.4 cm³/mol. The predicted octanol–water partition coefficient (Wildman–Crippen LogP) is 0.587. The number of amidine groups is 1. The molecule has 0 aliphatic carbocycles. The van der Waals surface area contributed by atoms with E-state index in [1.807, 2.05) is 0 Å². The number of hydrogen-bond donors (Lipinski definition) is 3. The Kier molecular flexibility index (Phi) is 4.79. The SMILES string of the molecule is N/C(=N/O)c1cc(F)ccc1CNCC1CCCS1(=O)=O. The van der Waals surface area contributed by atoms with Crippen molar-refractivity contribution in [1.29, 1.82) is 0 Å². The Bertz CT molecular complexity index is 646. The molecule has 0 bridgehead atoms. The highest BCUT2D eigenvalue weighted by atomic mass is 32.2. The van der Waals surface area contributed by atoms with Crippen LogP contribution in [0.15, 0.2) is 23.4 Å². The Morgan fingerprint density at radius 1 is 1.52 bits per heavy atom. The number of oxime groups is 1. The molecular weight excluding hydrogens is 297 g/mol. The average Bonchev–Trinajstić information content (AvgIpc) is 2.78. The number of halogens is 1. The summed E-state index contributed by atoms with van der Waals surface area (Å²) in [6.07, 6.45) is 1.35. The molecule has 1 saturated heterocycles. The highest BCUT2D eigenvalue weighted by molar-refractivity contribution is 7.92. The summed E-state index contributed by atoms with van der Waals surface area (Å²) in [5, 5.41) is 14.3. The number of nitrogens with two attached hydrogens (primary N) is 1. The lowest BCUT2D eigenvalue weighted by Crippen LogP contribution is -2.31. The van der Waals surface area contributed by atoms with Gasteiger partial charge in [0.15, 0.2) is 15.7 Å². The van der Waals surface area contributed by atoms with Gasteiger partial charge in [0, 0.05) is 18.7 Å². The van der Waals surface area contributed by atoms with E-state index >= 15 is 0 Å². The molecule has 6 nitrogen and oxygen atoms in total. The zero-order chi connectivity index (χ0) is 15.5. The van der Waals surface area contributed by atoms with E-state index in [4.69, 9.17) is 10.9 Å². The number of sulfone groups is 1. The minimum Gasteiger partial charge on any atom is -0.409 e. The lowest BCUT2D eigenvalue weighted by molar-refractivity contribution is 0.318. The summed E-state index contributed by atoms with van der Waals surface area (Å²) < 4.78 is 36.6. The highest BCUT2D eigenvalue weighted by Gasteiger charge is 2.30. The van der Waals surface area contributed by atoms with Crippen LogP contribution in [0.4, 0.5) is 4.39 Å². The summed E-state index contributed by atoms with van der Waals surface area (Å²) in [6.45, 7) is 0.660. The zero-order valence-corrected chi connectivity index (χ0v) is 12.2. The Hall–Kier alpha value is -1.67. The van der Waals surface area contributed by atoms with Crippen molar-refractivity contribution in [3.63, 3.8) is 0 Å². The number of hydrogen-bond acceptors (Lipinski definition) is 5. The molecule has 0 amide bonds. The second-order valence-corrected chi connectivity index (χ2v) is 7.45. The molecule has 2 rings (SSSR count). The van der Waals surface area contributed by atoms with E-state index in [1.54, 1.807) is 0 Å². The molecule has 1 aliphatic heterocycles. The Morgan fingerprint density at radius 3 is 2.90 bits per heavy atom. The van der Waals surface area contributed by atoms with Crippen LogP contribution in [0.1, 0.15) is 24.0 Å². The van der Waals surface area contributed by atoms with Gasteiger partial charge >= 0.3 is 0 Å². The molecule has 8 heteroatoms. The van der Waals surface area contributed by atoms with Gasteiger partial charge in [-0.1, -0.05) is 11.2 Å². The second-order valence-electron chi connectivity index (χ2n) is 5.05. The lowest BCUT2D eigenvalue weighted by Gasteiger charge is -2.13. The molecular formula is C13H18FN3O3S. The third kappa shape index (κ3) is 3.70. The maximum absolute atomic E-state index is 13.2. The van der Waals surface area contributed by atoms with Crippen LogP contribution in [0, 0.1) is 5.82 Å². The van der Waals surface area contributed by atoms with E-state index < -0.39 is 15.7 Å². The van der Waals surface area contributed by atoms with Gasteiger partial charge in [-0.15, -0.1) is 0 Å². The van der Waals surface area contributed by atoms with Crippen LogP contribution < -0.4 is 11.1 Å². The number of rotatable bonds is 5. The third-order valence-electron chi connectivity index (χ3n) is 3.61. The third-order valence-corrected chi connectivity index (χ3v) is 5.88. The van der Waals surface area contributed by atoms with Crippen molar-refractivity contribution in [3.8, 4) is 0 Å². The van der Waals surface area contributed by atoms with Gasteiger partial charge in [0.25, 0.3) is 0 Å². The molecule has 0 spiro atoms. The van der Waals surface area contributed by atoms with Gasteiger partial charge in [-0.25, -0.2) is 12.8 Å².